The number of aromatic hydroxyl groups is 1. The van der Waals surface area contributed by atoms with Crippen molar-refractivity contribution in [3.63, 3.8) is 0 Å². The third-order valence-electron chi connectivity index (χ3n) is 6.58. The van der Waals surface area contributed by atoms with Gasteiger partial charge in [0, 0.05) is 29.7 Å². The van der Waals surface area contributed by atoms with Crippen LogP contribution in [0.2, 0.25) is 0 Å². The smallest absolute Gasteiger partial charge is 0.338 e. The van der Waals surface area contributed by atoms with Crippen LogP contribution in [-0.4, -0.2) is 66.9 Å². The molecule has 2 atom stereocenters. The minimum atomic E-state index is -0.823. The molecule has 11 nitrogen and oxygen atoms in total. The fraction of sp³-hybridized carbons (Fsp3) is 0.345. The van der Waals surface area contributed by atoms with E-state index in [0.29, 0.717) is 45.6 Å². The number of methoxy groups -OCH3 is 7. The fourth-order valence-electron chi connectivity index (χ4n) is 4.59. The van der Waals surface area contributed by atoms with Crippen LogP contribution < -0.4 is 37.9 Å². The summed E-state index contributed by atoms with van der Waals surface area (Å²) in [4.78, 5) is 13.5. The molecule has 11 heteroatoms. The molecule has 0 saturated heterocycles. The van der Waals surface area contributed by atoms with Crippen molar-refractivity contribution in [2.45, 2.75) is 18.6 Å². The molecule has 0 radical (unpaired) electrons. The van der Waals surface area contributed by atoms with E-state index in [0.717, 1.165) is 0 Å². The van der Waals surface area contributed by atoms with Crippen LogP contribution in [0.3, 0.4) is 0 Å². The summed E-state index contributed by atoms with van der Waals surface area (Å²) < 4.78 is 50.5. The number of carbonyl (C=O) groups is 1. The van der Waals surface area contributed by atoms with Gasteiger partial charge in [-0.1, -0.05) is 0 Å². The number of hydrogen-bond acceptors (Lipinski definition) is 11. The highest BCUT2D eigenvalue weighted by Gasteiger charge is 2.38. The van der Waals surface area contributed by atoms with Crippen LogP contribution >= 0.6 is 0 Å². The molecule has 3 aromatic rings. The van der Waals surface area contributed by atoms with E-state index in [9.17, 15) is 9.90 Å². The van der Waals surface area contributed by atoms with E-state index in [1.54, 1.807) is 31.4 Å². The average Bonchev–Trinajstić information content (AvgIpc) is 2.99. The standard InChI is InChI=1S/C29H32O11/c1-32-17-12-19(33-2)18-14-25(40-29(31)16-10-21(34-3)26(30)22(11-16)35-4)27(39-20(18)13-17)15-8-23(36-5)28(38-7)24(9-15)37-6/h8-13,25,27,30H,14H2,1-7H3/t25-,27-/m1/s1. The molecule has 214 valence electrons. The van der Waals surface area contributed by atoms with Crippen LogP contribution in [0.5, 0.6) is 51.7 Å². The number of hydrogen-bond donors (Lipinski definition) is 1. The molecular formula is C29H32O11. The van der Waals surface area contributed by atoms with Crippen LogP contribution in [0.1, 0.15) is 27.6 Å². The van der Waals surface area contributed by atoms with E-state index in [1.807, 2.05) is 0 Å². The summed E-state index contributed by atoms with van der Waals surface area (Å²) in [5, 5.41) is 10.3. The van der Waals surface area contributed by atoms with Gasteiger partial charge >= 0.3 is 5.97 Å². The third-order valence-corrected chi connectivity index (χ3v) is 6.58. The molecule has 0 unspecified atom stereocenters. The largest absolute Gasteiger partial charge is 0.502 e. The normalized spacial score (nSPS) is 15.7. The predicted octanol–water partition coefficient (Wildman–Crippen LogP) is 4.35. The molecule has 0 saturated carbocycles. The Kier molecular flexibility index (Phi) is 8.52. The van der Waals surface area contributed by atoms with Gasteiger partial charge in [0.1, 0.15) is 23.4 Å². The highest BCUT2D eigenvalue weighted by Crippen LogP contribution is 2.47. The van der Waals surface area contributed by atoms with Crippen LogP contribution in [0, 0.1) is 0 Å². The quantitative estimate of drug-likeness (QED) is 0.359. The van der Waals surface area contributed by atoms with E-state index in [2.05, 4.69) is 0 Å². The summed E-state index contributed by atoms with van der Waals surface area (Å²) in [5.74, 6) is 2.01. The van der Waals surface area contributed by atoms with Gasteiger partial charge < -0.3 is 47.7 Å². The summed E-state index contributed by atoms with van der Waals surface area (Å²) in [5.41, 5.74) is 1.42. The molecule has 1 aliphatic rings. The second kappa shape index (κ2) is 12.0. The zero-order valence-electron chi connectivity index (χ0n) is 23.4. The van der Waals surface area contributed by atoms with Crippen molar-refractivity contribution in [2.75, 3.05) is 49.8 Å². The molecule has 0 spiro atoms. The molecule has 3 aromatic carbocycles. The lowest BCUT2D eigenvalue weighted by atomic mass is 9.93. The first-order valence-electron chi connectivity index (χ1n) is 12.2. The van der Waals surface area contributed by atoms with Crippen molar-refractivity contribution < 1.29 is 52.5 Å². The van der Waals surface area contributed by atoms with E-state index in [4.69, 9.17) is 42.6 Å². The first kappa shape index (κ1) is 28.3. The lowest BCUT2D eigenvalue weighted by Gasteiger charge is -2.34. The summed E-state index contributed by atoms with van der Waals surface area (Å²) in [7, 11) is 10.4. The molecule has 40 heavy (non-hydrogen) atoms. The van der Waals surface area contributed by atoms with Crippen LogP contribution in [0.25, 0.3) is 0 Å². The molecule has 0 aromatic heterocycles. The highest BCUT2D eigenvalue weighted by atomic mass is 16.6. The van der Waals surface area contributed by atoms with Crippen LogP contribution in [0.4, 0.5) is 0 Å². The summed E-state index contributed by atoms with van der Waals surface area (Å²) in [6.07, 6.45) is -1.36. The molecule has 0 aliphatic carbocycles. The summed E-state index contributed by atoms with van der Waals surface area (Å²) in [6.45, 7) is 0. The second-order valence-electron chi connectivity index (χ2n) is 8.68. The molecule has 0 bridgehead atoms. The Bertz CT molecular complexity index is 1330. The molecule has 1 heterocycles. The molecule has 0 amide bonds. The zero-order chi connectivity index (χ0) is 29.0. The fourth-order valence-corrected chi connectivity index (χ4v) is 4.59. The van der Waals surface area contributed by atoms with Crippen molar-refractivity contribution in [1.29, 1.82) is 0 Å². The first-order chi connectivity index (χ1) is 19.3. The number of esters is 1. The van der Waals surface area contributed by atoms with E-state index >= 15 is 0 Å². The number of rotatable bonds is 10. The third kappa shape index (κ3) is 5.27. The minimum Gasteiger partial charge on any atom is -0.502 e. The number of phenols is 1. The van der Waals surface area contributed by atoms with Gasteiger partial charge in [0.15, 0.2) is 29.1 Å². The van der Waals surface area contributed by atoms with E-state index in [1.165, 1.54) is 54.8 Å². The molecular weight excluding hydrogens is 524 g/mol. The molecule has 1 N–H and O–H groups in total. The van der Waals surface area contributed by atoms with Crippen molar-refractivity contribution in [3.05, 3.63) is 53.1 Å². The van der Waals surface area contributed by atoms with E-state index in [-0.39, 0.29) is 29.2 Å². The Morgan fingerprint density at radius 1 is 0.725 bits per heavy atom. The van der Waals surface area contributed by atoms with Gasteiger partial charge in [-0.05, 0) is 24.3 Å². The number of carbonyl (C=O) groups excluding carboxylic acids is 1. The van der Waals surface area contributed by atoms with Crippen LogP contribution in [-0.2, 0) is 11.2 Å². The van der Waals surface area contributed by atoms with Gasteiger partial charge in [-0.15, -0.1) is 0 Å². The Labute approximate surface area is 232 Å². The topological polar surface area (TPSA) is 120 Å². The van der Waals surface area contributed by atoms with Crippen LogP contribution in [0.15, 0.2) is 36.4 Å². The Morgan fingerprint density at radius 3 is 1.80 bits per heavy atom. The Hall–Kier alpha value is -4.67. The predicted molar refractivity (Wildman–Crippen MR) is 143 cm³/mol. The van der Waals surface area contributed by atoms with Gasteiger partial charge in [0.25, 0.3) is 0 Å². The van der Waals surface area contributed by atoms with Gasteiger partial charge in [-0.25, -0.2) is 4.79 Å². The first-order valence-corrected chi connectivity index (χ1v) is 12.2. The number of benzene rings is 3. The van der Waals surface area contributed by atoms with E-state index < -0.39 is 18.2 Å². The van der Waals surface area contributed by atoms with Gasteiger partial charge in [0.2, 0.25) is 11.5 Å². The molecule has 1 aliphatic heterocycles. The van der Waals surface area contributed by atoms with Crippen molar-refractivity contribution in [3.8, 4) is 51.7 Å². The maximum absolute atomic E-state index is 13.5. The highest BCUT2D eigenvalue weighted by molar-refractivity contribution is 5.91. The maximum atomic E-state index is 13.5. The average molecular weight is 557 g/mol. The minimum absolute atomic E-state index is 0.0616. The summed E-state index contributed by atoms with van der Waals surface area (Å²) >= 11 is 0. The number of fused-ring (bicyclic) bond motifs is 1. The molecule has 0 fully saturated rings. The van der Waals surface area contributed by atoms with Gasteiger partial charge in [-0.3, -0.25) is 0 Å². The summed E-state index contributed by atoms with van der Waals surface area (Å²) in [6, 6.07) is 9.70. The number of phenolic OH excluding ortho intramolecular Hbond substituents is 1. The monoisotopic (exact) mass is 556 g/mol. The Morgan fingerprint density at radius 2 is 1.30 bits per heavy atom. The zero-order valence-corrected chi connectivity index (χ0v) is 23.4. The van der Waals surface area contributed by atoms with Crippen molar-refractivity contribution >= 4 is 5.97 Å². The van der Waals surface area contributed by atoms with Gasteiger partial charge in [-0.2, -0.15) is 0 Å². The lowest BCUT2D eigenvalue weighted by molar-refractivity contribution is -0.0189. The maximum Gasteiger partial charge on any atom is 0.338 e. The lowest BCUT2D eigenvalue weighted by Crippen LogP contribution is -2.35. The second-order valence-corrected chi connectivity index (χ2v) is 8.68. The SMILES string of the molecule is COc1cc(OC)c2c(c1)O[C@H](c1cc(OC)c(OC)c(OC)c1)[C@H](OC(=O)c1cc(OC)c(O)c(OC)c1)C2. The Balaban J connectivity index is 1.81. The number of ether oxygens (including phenoxy) is 9. The van der Waals surface area contributed by atoms with Gasteiger partial charge in [0.05, 0.1) is 55.3 Å². The van der Waals surface area contributed by atoms with Crippen molar-refractivity contribution in [1.82, 2.24) is 0 Å². The molecule has 4 rings (SSSR count). The van der Waals surface area contributed by atoms with Crippen molar-refractivity contribution in [2.24, 2.45) is 0 Å².